The summed E-state index contributed by atoms with van der Waals surface area (Å²) in [6.07, 6.45) is 4.65. The molecule has 7 heteroatoms. The first-order valence-electron chi connectivity index (χ1n) is 9.87. The zero-order chi connectivity index (χ0) is 20.4. The SMILES string of the molecule is O=C(Cc1ccc(-c2cc(F)cc(F)c2)cn1)C1CCC(N2CCOC2=O)CC1. The molecule has 1 aromatic carbocycles. The van der Waals surface area contributed by atoms with Gasteiger partial charge in [-0.05, 0) is 49.4 Å². The van der Waals surface area contributed by atoms with Crippen LogP contribution in [0.5, 0.6) is 0 Å². The third-order valence-corrected chi connectivity index (χ3v) is 5.76. The maximum atomic E-state index is 13.4. The predicted molar refractivity (Wildman–Crippen MR) is 102 cm³/mol. The topological polar surface area (TPSA) is 59.5 Å². The summed E-state index contributed by atoms with van der Waals surface area (Å²) < 4.78 is 31.8. The summed E-state index contributed by atoms with van der Waals surface area (Å²) in [6.45, 7) is 1.08. The highest BCUT2D eigenvalue weighted by molar-refractivity contribution is 5.83. The molecule has 0 N–H and O–H groups in total. The van der Waals surface area contributed by atoms with E-state index in [0.29, 0.717) is 30.0 Å². The second-order valence-corrected chi connectivity index (χ2v) is 7.65. The van der Waals surface area contributed by atoms with Gasteiger partial charge in [0.25, 0.3) is 0 Å². The molecule has 1 aliphatic carbocycles. The molecule has 2 aliphatic rings. The van der Waals surface area contributed by atoms with Crippen molar-refractivity contribution in [2.75, 3.05) is 13.2 Å². The van der Waals surface area contributed by atoms with Crippen molar-refractivity contribution in [1.82, 2.24) is 9.88 Å². The standard InChI is InChI=1S/C22H22F2N2O3/c23-17-9-16(10-18(24)11-17)15-1-4-19(25-13-15)12-21(27)14-2-5-20(6-3-14)26-7-8-29-22(26)28/h1,4,9-11,13-14,20H,2-3,5-8,12H2. The van der Waals surface area contributed by atoms with Crippen molar-refractivity contribution in [3.05, 3.63) is 53.9 Å². The quantitative estimate of drug-likeness (QED) is 0.757. The minimum atomic E-state index is -0.642. The summed E-state index contributed by atoms with van der Waals surface area (Å²) in [4.78, 5) is 30.4. The summed E-state index contributed by atoms with van der Waals surface area (Å²) in [7, 11) is 0. The molecule has 2 heterocycles. The maximum Gasteiger partial charge on any atom is 0.410 e. The smallest absolute Gasteiger partial charge is 0.410 e. The number of amides is 1. The van der Waals surface area contributed by atoms with Crippen LogP contribution in [0.1, 0.15) is 31.4 Å². The summed E-state index contributed by atoms with van der Waals surface area (Å²) in [5.74, 6) is -1.16. The van der Waals surface area contributed by atoms with E-state index in [1.165, 1.54) is 18.3 Å². The van der Waals surface area contributed by atoms with Crippen molar-refractivity contribution < 1.29 is 23.1 Å². The highest BCUT2D eigenvalue weighted by atomic mass is 19.1. The van der Waals surface area contributed by atoms with Crippen LogP contribution in [0.25, 0.3) is 11.1 Å². The van der Waals surface area contributed by atoms with Crippen LogP contribution in [0.2, 0.25) is 0 Å². The maximum absolute atomic E-state index is 13.4. The van der Waals surface area contributed by atoms with E-state index in [1.807, 2.05) is 0 Å². The first-order valence-corrected chi connectivity index (χ1v) is 9.87. The lowest BCUT2D eigenvalue weighted by Crippen LogP contribution is -2.39. The number of hydrogen-bond acceptors (Lipinski definition) is 4. The van der Waals surface area contributed by atoms with Crippen LogP contribution in [0.15, 0.2) is 36.5 Å². The molecule has 1 aliphatic heterocycles. The second-order valence-electron chi connectivity index (χ2n) is 7.65. The number of ether oxygens (including phenoxy) is 1. The van der Waals surface area contributed by atoms with Gasteiger partial charge in [0.15, 0.2) is 0 Å². The van der Waals surface area contributed by atoms with Crippen molar-refractivity contribution in [2.24, 2.45) is 5.92 Å². The highest BCUT2D eigenvalue weighted by Gasteiger charge is 2.34. The Morgan fingerprint density at radius 3 is 2.38 bits per heavy atom. The number of pyridine rings is 1. The van der Waals surface area contributed by atoms with E-state index < -0.39 is 11.6 Å². The fourth-order valence-corrected chi connectivity index (χ4v) is 4.19. The molecule has 0 radical (unpaired) electrons. The van der Waals surface area contributed by atoms with Crippen molar-refractivity contribution in [1.29, 1.82) is 0 Å². The number of nitrogens with zero attached hydrogens (tertiary/aromatic N) is 2. The monoisotopic (exact) mass is 400 g/mol. The molecule has 2 fully saturated rings. The number of benzene rings is 1. The molecule has 2 aromatic rings. The Labute approximate surface area is 167 Å². The van der Waals surface area contributed by atoms with Gasteiger partial charge in [-0.3, -0.25) is 9.78 Å². The number of aromatic nitrogens is 1. The second kappa shape index (κ2) is 8.27. The van der Waals surface area contributed by atoms with Gasteiger partial charge in [0.2, 0.25) is 0 Å². The van der Waals surface area contributed by atoms with Crippen LogP contribution in [0.3, 0.4) is 0 Å². The van der Waals surface area contributed by atoms with E-state index in [9.17, 15) is 18.4 Å². The molecule has 1 saturated carbocycles. The fourth-order valence-electron chi connectivity index (χ4n) is 4.19. The van der Waals surface area contributed by atoms with Crippen molar-refractivity contribution in [3.8, 4) is 11.1 Å². The minimum Gasteiger partial charge on any atom is -0.448 e. The number of ketones is 1. The fraction of sp³-hybridized carbons (Fsp3) is 0.409. The summed E-state index contributed by atoms with van der Waals surface area (Å²) >= 11 is 0. The van der Waals surface area contributed by atoms with Crippen molar-refractivity contribution in [3.63, 3.8) is 0 Å². The lowest BCUT2D eigenvalue weighted by molar-refractivity contribution is -0.123. The molecule has 1 saturated heterocycles. The zero-order valence-electron chi connectivity index (χ0n) is 15.9. The number of cyclic esters (lactones) is 1. The average molecular weight is 400 g/mol. The third kappa shape index (κ3) is 4.44. The van der Waals surface area contributed by atoms with Gasteiger partial charge in [0, 0.05) is 41.9 Å². The number of carbonyl (C=O) groups excluding carboxylic acids is 2. The molecule has 152 valence electrons. The summed E-state index contributed by atoms with van der Waals surface area (Å²) in [6, 6.07) is 6.93. The van der Waals surface area contributed by atoms with E-state index in [2.05, 4.69) is 4.98 Å². The molecule has 4 rings (SSSR count). The normalized spacial score (nSPS) is 21.9. The summed E-state index contributed by atoms with van der Waals surface area (Å²) in [5.41, 5.74) is 1.64. The number of rotatable bonds is 5. The van der Waals surface area contributed by atoms with Gasteiger partial charge in [-0.25, -0.2) is 13.6 Å². The Balaban J connectivity index is 1.33. The Bertz CT molecular complexity index is 889. The highest BCUT2D eigenvalue weighted by Crippen LogP contribution is 2.30. The molecule has 1 aromatic heterocycles. The van der Waals surface area contributed by atoms with Crippen LogP contribution in [0.4, 0.5) is 13.6 Å². The van der Waals surface area contributed by atoms with E-state index >= 15 is 0 Å². The third-order valence-electron chi connectivity index (χ3n) is 5.76. The van der Waals surface area contributed by atoms with E-state index in [1.54, 1.807) is 17.0 Å². The van der Waals surface area contributed by atoms with Gasteiger partial charge >= 0.3 is 6.09 Å². The molecule has 0 unspecified atom stereocenters. The first kappa shape index (κ1) is 19.5. The molecule has 0 spiro atoms. The molecular formula is C22H22F2N2O3. The zero-order valence-corrected chi connectivity index (χ0v) is 15.9. The van der Waals surface area contributed by atoms with E-state index in [0.717, 1.165) is 31.7 Å². The minimum absolute atomic E-state index is 0.0244. The van der Waals surface area contributed by atoms with Gasteiger partial charge in [-0.15, -0.1) is 0 Å². The Morgan fingerprint density at radius 1 is 1.07 bits per heavy atom. The molecule has 5 nitrogen and oxygen atoms in total. The van der Waals surface area contributed by atoms with Gasteiger partial charge in [0.1, 0.15) is 24.0 Å². The van der Waals surface area contributed by atoms with Crippen LogP contribution >= 0.6 is 0 Å². The largest absolute Gasteiger partial charge is 0.448 e. The Kier molecular flexibility index (Phi) is 5.56. The molecule has 29 heavy (non-hydrogen) atoms. The number of hydrogen-bond donors (Lipinski definition) is 0. The van der Waals surface area contributed by atoms with Crippen LogP contribution in [0, 0.1) is 17.6 Å². The first-order chi connectivity index (χ1) is 14.0. The van der Waals surface area contributed by atoms with Crippen LogP contribution in [-0.4, -0.2) is 41.0 Å². The van der Waals surface area contributed by atoms with Gasteiger partial charge < -0.3 is 9.64 Å². The molecular weight excluding hydrogens is 378 g/mol. The molecule has 1 amide bonds. The molecule has 0 bridgehead atoms. The van der Waals surface area contributed by atoms with E-state index in [4.69, 9.17) is 4.74 Å². The summed E-state index contributed by atoms with van der Waals surface area (Å²) in [5, 5.41) is 0. The number of halogens is 2. The van der Waals surface area contributed by atoms with Crippen LogP contribution in [-0.2, 0) is 16.0 Å². The van der Waals surface area contributed by atoms with Gasteiger partial charge in [0.05, 0.1) is 6.54 Å². The predicted octanol–water partition coefficient (Wildman–Crippen LogP) is 4.15. The lowest BCUT2D eigenvalue weighted by Gasteiger charge is -2.32. The Hall–Kier alpha value is -2.83. The average Bonchev–Trinajstić information content (AvgIpc) is 3.14. The van der Waals surface area contributed by atoms with Gasteiger partial charge in [-0.1, -0.05) is 6.07 Å². The number of carbonyl (C=O) groups is 2. The van der Waals surface area contributed by atoms with Crippen LogP contribution < -0.4 is 0 Å². The molecule has 0 atom stereocenters. The Morgan fingerprint density at radius 2 is 1.79 bits per heavy atom. The lowest BCUT2D eigenvalue weighted by atomic mass is 9.82. The van der Waals surface area contributed by atoms with Crippen molar-refractivity contribution >= 4 is 11.9 Å². The van der Waals surface area contributed by atoms with Crippen molar-refractivity contribution in [2.45, 2.75) is 38.1 Å². The number of Topliss-reactive ketones (excluding diaryl/α,β-unsaturated/α-hetero) is 1. The van der Waals surface area contributed by atoms with E-state index in [-0.39, 0.29) is 30.3 Å². The van der Waals surface area contributed by atoms with Gasteiger partial charge in [-0.2, -0.15) is 0 Å².